The number of aromatic nitrogens is 4. The van der Waals surface area contributed by atoms with E-state index in [1.165, 1.54) is 11.3 Å². The highest BCUT2D eigenvalue weighted by Gasteiger charge is 2.14. The predicted octanol–water partition coefficient (Wildman–Crippen LogP) is 1.11. The van der Waals surface area contributed by atoms with E-state index >= 15 is 0 Å². The average molecular weight is 350 g/mol. The Morgan fingerprint density at radius 1 is 1.09 bits per heavy atom. The minimum absolute atomic E-state index is 0.224. The predicted molar refractivity (Wildman–Crippen MR) is 87.2 cm³/mol. The molecule has 3 rings (SSSR count). The standard InChI is InChI=1S/C13H14N6O2S2/c20-23(21,12-7-4-10-22-12)15-9-8-14-13-16-17-18-19(13)11-5-2-1-3-6-11/h1-7,10,15H,8-9H2,(H,14,16,18). The molecule has 0 bridgehead atoms. The quantitative estimate of drug-likeness (QED) is 0.619. The van der Waals surface area contributed by atoms with E-state index in [9.17, 15) is 8.42 Å². The second-order valence-corrected chi connectivity index (χ2v) is 7.45. The topological polar surface area (TPSA) is 102 Å². The summed E-state index contributed by atoms with van der Waals surface area (Å²) in [6, 6.07) is 12.7. The van der Waals surface area contributed by atoms with Gasteiger partial charge >= 0.3 is 0 Å². The van der Waals surface area contributed by atoms with Crippen LogP contribution in [-0.4, -0.2) is 41.7 Å². The maximum Gasteiger partial charge on any atom is 0.250 e. The molecule has 0 unspecified atom stereocenters. The molecule has 2 N–H and O–H groups in total. The Hall–Kier alpha value is -2.30. The van der Waals surface area contributed by atoms with Gasteiger partial charge in [0.1, 0.15) is 4.21 Å². The lowest BCUT2D eigenvalue weighted by molar-refractivity contribution is 0.585. The fraction of sp³-hybridized carbons (Fsp3) is 0.154. The molecule has 0 aliphatic heterocycles. The lowest BCUT2D eigenvalue weighted by Crippen LogP contribution is -2.28. The number of hydrogen-bond donors (Lipinski definition) is 2. The molecule has 0 saturated heterocycles. The number of hydrogen-bond acceptors (Lipinski definition) is 7. The van der Waals surface area contributed by atoms with Gasteiger partial charge < -0.3 is 5.32 Å². The molecule has 0 fully saturated rings. The Morgan fingerprint density at radius 3 is 2.65 bits per heavy atom. The summed E-state index contributed by atoms with van der Waals surface area (Å²) >= 11 is 1.18. The van der Waals surface area contributed by atoms with Crippen LogP contribution in [0.3, 0.4) is 0 Å². The van der Waals surface area contributed by atoms with Crippen LogP contribution in [0.2, 0.25) is 0 Å². The summed E-state index contributed by atoms with van der Waals surface area (Å²) in [6.07, 6.45) is 0. The number of thiophene rings is 1. The van der Waals surface area contributed by atoms with Gasteiger partial charge in [-0.2, -0.15) is 4.68 Å². The van der Waals surface area contributed by atoms with Gasteiger partial charge in [-0.15, -0.1) is 11.3 Å². The Labute approximate surface area is 137 Å². The lowest BCUT2D eigenvalue weighted by Gasteiger charge is -2.08. The Kier molecular flexibility index (Phi) is 4.65. The van der Waals surface area contributed by atoms with Crippen LogP contribution < -0.4 is 10.0 Å². The first kappa shape index (κ1) is 15.6. The van der Waals surface area contributed by atoms with Crippen LogP contribution in [0.4, 0.5) is 5.95 Å². The van der Waals surface area contributed by atoms with Crippen LogP contribution >= 0.6 is 11.3 Å². The second kappa shape index (κ2) is 6.86. The summed E-state index contributed by atoms with van der Waals surface area (Å²) in [7, 11) is -3.45. The fourth-order valence-corrected chi connectivity index (χ4v) is 3.96. The third-order valence-electron chi connectivity index (χ3n) is 2.93. The zero-order valence-corrected chi connectivity index (χ0v) is 13.6. The normalized spacial score (nSPS) is 11.5. The molecule has 1 aromatic carbocycles. The zero-order valence-electron chi connectivity index (χ0n) is 12.0. The highest BCUT2D eigenvalue weighted by Crippen LogP contribution is 2.15. The van der Waals surface area contributed by atoms with E-state index in [0.29, 0.717) is 16.7 Å². The number of sulfonamides is 1. The summed E-state index contributed by atoms with van der Waals surface area (Å²) in [6.45, 7) is 0.583. The molecule has 3 aromatic rings. The fourth-order valence-electron chi connectivity index (χ4n) is 1.89. The first-order chi connectivity index (χ1) is 11.2. The van der Waals surface area contributed by atoms with Crippen LogP contribution in [0, 0.1) is 0 Å². The molecule has 0 saturated carbocycles. The van der Waals surface area contributed by atoms with Crippen molar-refractivity contribution >= 4 is 27.3 Å². The van der Waals surface area contributed by atoms with Gasteiger partial charge in [-0.3, -0.25) is 0 Å². The average Bonchev–Trinajstić information content (AvgIpc) is 3.24. The van der Waals surface area contributed by atoms with Crippen molar-refractivity contribution in [1.29, 1.82) is 0 Å². The monoisotopic (exact) mass is 350 g/mol. The maximum absolute atomic E-state index is 12.0. The highest BCUT2D eigenvalue weighted by atomic mass is 32.2. The van der Waals surface area contributed by atoms with Gasteiger partial charge in [0.15, 0.2) is 0 Å². The Bertz CT molecular complexity index is 846. The van der Waals surface area contributed by atoms with Gasteiger partial charge in [0.2, 0.25) is 16.0 Å². The highest BCUT2D eigenvalue weighted by molar-refractivity contribution is 7.91. The molecule has 0 aliphatic rings. The lowest BCUT2D eigenvalue weighted by atomic mass is 10.3. The zero-order chi connectivity index (χ0) is 16.1. The number of nitrogens with zero attached hydrogens (tertiary/aromatic N) is 4. The van der Waals surface area contributed by atoms with Crippen molar-refractivity contribution in [1.82, 2.24) is 24.9 Å². The van der Waals surface area contributed by atoms with E-state index in [1.54, 1.807) is 22.2 Å². The van der Waals surface area contributed by atoms with E-state index in [0.717, 1.165) is 5.69 Å². The van der Waals surface area contributed by atoms with Crippen molar-refractivity contribution in [3.63, 3.8) is 0 Å². The molecule has 0 atom stereocenters. The molecule has 2 heterocycles. The summed E-state index contributed by atoms with van der Waals surface area (Å²) in [5.41, 5.74) is 0.819. The van der Waals surface area contributed by atoms with Gasteiger partial charge in [-0.25, -0.2) is 13.1 Å². The number of rotatable bonds is 7. The molecular formula is C13H14N6O2S2. The van der Waals surface area contributed by atoms with E-state index in [-0.39, 0.29) is 6.54 Å². The van der Waals surface area contributed by atoms with Crippen LogP contribution in [0.5, 0.6) is 0 Å². The van der Waals surface area contributed by atoms with Crippen LogP contribution in [0.25, 0.3) is 5.69 Å². The van der Waals surface area contributed by atoms with Crippen molar-refractivity contribution in [2.24, 2.45) is 0 Å². The summed E-state index contributed by atoms with van der Waals surface area (Å²) in [5.74, 6) is 0.450. The number of tetrazole rings is 1. The molecule has 0 spiro atoms. The smallest absolute Gasteiger partial charge is 0.250 e. The number of benzene rings is 1. The third kappa shape index (κ3) is 3.73. The van der Waals surface area contributed by atoms with E-state index in [1.807, 2.05) is 30.3 Å². The third-order valence-corrected chi connectivity index (χ3v) is 5.79. The van der Waals surface area contributed by atoms with Crippen molar-refractivity contribution in [2.75, 3.05) is 18.4 Å². The summed E-state index contributed by atoms with van der Waals surface area (Å²) < 4.78 is 28.3. The molecule has 8 nitrogen and oxygen atoms in total. The maximum atomic E-state index is 12.0. The first-order valence-corrected chi connectivity index (χ1v) is 9.14. The van der Waals surface area contributed by atoms with Crippen LogP contribution in [0.15, 0.2) is 52.1 Å². The van der Waals surface area contributed by atoms with Gasteiger partial charge in [-0.05, 0) is 34.0 Å². The molecular weight excluding hydrogens is 336 g/mol. The van der Waals surface area contributed by atoms with Crippen molar-refractivity contribution in [2.45, 2.75) is 4.21 Å². The Morgan fingerprint density at radius 2 is 1.91 bits per heavy atom. The SMILES string of the molecule is O=S(=O)(NCCNc1nnnn1-c1ccccc1)c1cccs1. The molecule has 0 radical (unpaired) electrons. The van der Waals surface area contributed by atoms with Crippen LogP contribution in [0.1, 0.15) is 0 Å². The van der Waals surface area contributed by atoms with Crippen LogP contribution in [-0.2, 0) is 10.0 Å². The van der Waals surface area contributed by atoms with Crippen molar-refractivity contribution in [3.8, 4) is 5.69 Å². The minimum atomic E-state index is -3.45. The largest absolute Gasteiger partial charge is 0.351 e. The van der Waals surface area contributed by atoms with Gasteiger partial charge in [0.25, 0.3) is 0 Å². The number of para-hydroxylation sites is 1. The van der Waals surface area contributed by atoms with E-state index in [4.69, 9.17) is 0 Å². The van der Waals surface area contributed by atoms with Gasteiger partial charge in [0, 0.05) is 13.1 Å². The molecule has 120 valence electrons. The second-order valence-electron chi connectivity index (χ2n) is 4.51. The van der Waals surface area contributed by atoms with Crippen molar-refractivity contribution < 1.29 is 8.42 Å². The minimum Gasteiger partial charge on any atom is -0.351 e. The summed E-state index contributed by atoms with van der Waals surface area (Å²) in [4.78, 5) is 0. The van der Waals surface area contributed by atoms with E-state index in [2.05, 4.69) is 25.6 Å². The Balaban J connectivity index is 1.57. The molecule has 0 aliphatic carbocycles. The molecule has 2 aromatic heterocycles. The van der Waals surface area contributed by atoms with Gasteiger partial charge in [-0.1, -0.05) is 29.4 Å². The molecule has 0 amide bonds. The first-order valence-electron chi connectivity index (χ1n) is 6.78. The number of anilines is 1. The van der Waals surface area contributed by atoms with Crippen molar-refractivity contribution in [3.05, 3.63) is 47.8 Å². The number of nitrogens with one attached hydrogen (secondary N) is 2. The van der Waals surface area contributed by atoms with Gasteiger partial charge in [0.05, 0.1) is 5.69 Å². The van der Waals surface area contributed by atoms with E-state index < -0.39 is 10.0 Å². The molecule has 10 heteroatoms. The summed E-state index contributed by atoms with van der Waals surface area (Å²) in [5, 5.41) is 16.2. The molecule has 23 heavy (non-hydrogen) atoms.